The molecule has 3 rings (SSSR count). The lowest BCUT2D eigenvalue weighted by Crippen LogP contribution is -2.39. The molecule has 1 aromatic carbocycles. The third-order valence-electron chi connectivity index (χ3n) is 5.28. The number of guanidine groups is 1. The number of nitrogens with zero attached hydrogens (tertiary/aromatic N) is 1. The molecule has 0 spiro atoms. The molecule has 0 saturated heterocycles. The van der Waals surface area contributed by atoms with E-state index >= 15 is 0 Å². The number of hydrogen-bond donors (Lipinski definition) is 4. The maximum atomic E-state index is 12.1. The molecule has 2 aromatic rings. The van der Waals surface area contributed by atoms with E-state index in [9.17, 15) is 4.79 Å². The summed E-state index contributed by atoms with van der Waals surface area (Å²) in [5, 5.41) is 11.0. The molecule has 29 heavy (non-hydrogen) atoms. The first-order chi connectivity index (χ1) is 13.8. The molecule has 6 nitrogen and oxygen atoms in total. The Hall–Kier alpha value is -1.77. The van der Waals surface area contributed by atoms with E-state index in [1.165, 1.54) is 35.7 Å². The lowest BCUT2D eigenvalue weighted by atomic mass is 9.95. The van der Waals surface area contributed by atoms with Gasteiger partial charge in [-0.25, -0.2) is 0 Å². The molecule has 1 aliphatic carbocycles. The van der Waals surface area contributed by atoms with Crippen molar-refractivity contribution in [3.63, 3.8) is 0 Å². The predicted molar refractivity (Wildman–Crippen MR) is 131 cm³/mol. The van der Waals surface area contributed by atoms with Gasteiger partial charge in [0.1, 0.15) is 0 Å². The van der Waals surface area contributed by atoms with Crippen LogP contribution < -0.4 is 16.0 Å². The number of aromatic nitrogens is 1. The average Bonchev–Trinajstić information content (AvgIpc) is 3.12. The molecule has 1 fully saturated rings. The zero-order valence-corrected chi connectivity index (χ0v) is 19.6. The van der Waals surface area contributed by atoms with Gasteiger partial charge in [-0.05, 0) is 37.8 Å². The van der Waals surface area contributed by atoms with Gasteiger partial charge >= 0.3 is 0 Å². The number of benzene rings is 1. The van der Waals surface area contributed by atoms with Crippen molar-refractivity contribution in [1.82, 2.24) is 20.9 Å². The number of H-pyrrole nitrogens is 1. The van der Waals surface area contributed by atoms with E-state index < -0.39 is 0 Å². The fraction of sp³-hybridized carbons (Fsp3) is 0.545. The number of hydrogen-bond acceptors (Lipinski definition) is 2. The second-order valence-electron chi connectivity index (χ2n) is 7.45. The Balaban J connectivity index is 0.00000300. The summed E-state index contributed by atoms with van der Waals surface area (Å²) in [5.74, 6) is 0.887. The summed E-state index contributed by atoms with van der Waals surface area (Å²) in [6.45, 7) is 4.14. The first-order valence-electron chi connectivity index (χ1n) is 10.6. The van der Waals surface area contributed by atoms with E-state index in [0.717, 1.165) is 38.3 Å². The van der Waals surface area contributed by atoms with Gasteiger partial charge in [-0.1, -0.05) is 37.5 Å². The second-order valence-corrected chi connectivity index (χ2v) is 7.45. The number of para-hydroxylation sites is 1. The number of aliphatic imine (C=N–C) groups is 1. The van der Waals surface area contributed by atoms with Gasteiger partial charge in [-0.15, -0.1) is 24.0 Å². The molecule has 160 valence electrons. The number of halogens is 1. The molecule has 0 radical (unpaired) electrons. The van der Waals surface area contributed by atoms with Crippen LogP contribution in [0.1, 0.15) is 51.0 Å². The Labute approximate surface area is 190 Å². The Kier molecular flexibility index (Phi) is 10.3. The summed E-state index contributed by atoms with van der Waals surface area (Å²) in [5.41, 5.74) is 2.47. The standard InChI is InChI=1S/C22H33N5O.HI/c1-2-23-22(25-15-13-21(28)27-18-8-4-3-5-9-18)24-14-12-17-16-26-20-11-7-6-10-19(17)20;/h6-7,10-11,16,18,26H,2-5,8-9,12-15H2,1H3,(H,27,28)(H2,23,24,25);1H. The van der Waals surface area contributed by atoms with Gasteiger partial charge in [0.05, 0.1) is 6.54 Å². The van der Waals surface area contributed by atoms with Gasteiger partial charge in [-0.3, -0.25) is 9.79 Å². The summed E-state index contributed by atoms with van der Waals surface area (Å²) in [6, 6.07) is 8.72. The van der Waals surface area contributed by atoms with E-state index in [-0.39, 0.29) is 29.9 Å². The molecule has 1 saturated carbocycles. The van der Waals surface area contributed by atoms with Gasteiger partial charge in [-0.2, -0.15) is 0 Å². The normalized spacial score (nSPS) is 15.0. The fourth-order valence-corrected chi connectivity index (χ4v) is 3.81. The third kappa shape index (κ3) is 7.53. The average molecular weight is 511 g/mol. The fourth-order valence-electron chi connectivity index (χ4n) is 3.81. The molecule has 1 heterocycles. The third-order valence-corrected chi connectivity index (χ3v) is 5.28. The maximum Gasteiger partial charge on any atom is 0.222 e. The zero-order chi connectivity index (χ0) is 19.6. The predicted octanol–water partition coefficient (Wildman–Crippen LogP) is 3.72. The van der Waals surface area contributed by atoms with Crippen LogP contribution in [0.2, 0.25) is 0 Å². The van der Waals surface area contributed by atoms with Crippen LogP contribution in [-0.4, -0.2) is 42.5 Å². The van der Waals surface area contributed by atoms with E-state index in [4.69, 9.17) is 0 Å². The minimum absolute atomic E-state index is 0. The number of aromatic amines is 1. The molecule has 0 atom stereocenters. The SMILES string of the molecule is CCNC(=NCCC(=O)NC1CCCCC1)NCCc1c[nH]c2ccccc12.I. The van der Waals surface area contributed by atoms with Crippen LogP contribution >= 0.6 is 24.0 Å². The Morgan fingerprint density at radius 1 is 1.17 bits per heavy atom. The first kappa shape index (κ1) is 23.5. The highest BCUT2D eigenvalue weighted by Gasteiger charge is 2.15. The molecule has 1 aromatic heterocycles. The molecular formula is C22H34IN5O. The maximum absolute atomic E-state index is 12.1. The van der Waals surface area contributed by atoms with Crippen LogP contribution in [0.15, 0.2) is 35.5 Å². The molecule has 4 N–H and O–H groups in total. The van der Waals surface area contributed by atoms with Crippen molar-refractivity contribution >= 4 is 46.7 Å². The van der Waals surface area contributed by atoms with Crippen LogP contribution in [0, 0.1) is 0 Å². The molecule has 0 unspecified atom stereocenters. The largest absolute Gasteiger partial charge is 0.361 e. The summed E-state index contributed by atoms with van der Waals surface area (Å²) >= 11 is 0. The minimum Gasteiger partial charge on any atom is -0.361 e. The quantitative estimate of drug-likeness (QED) is 0.248. The Morgan fingerprint density at radius 3 is 2.76 bits per heavy atom. The molecule has 0 bridgehead atoms. The summed E-state index contributed by atoms with van der Waals surface area (Å²) in [4.78, 5) is 20.0. The first-order valence-corrected chi connectivity index (χ1v) is 10.6. The van der Waals surface area contributed by atoms with E-state index in [1.807, 2.05) is 13.0 Å². The summed E-state index contributed by atoms with van der Waals surface area (Å²) in [7, 11) is 0. The van der Waals surface area contributed by atoms with Crippen LogP contribution in [0.5, 0.6) is 0 Å². The molecular weight excluding hydrogens is 477 g/mol. The highest BCUT2D eigenvalue weighted by molar-refractivity contribution is 14.0. The van der Waals surface area contributed by atoms with Gasteiger partial charge in [0.15, 0.2) is 5.96 Å². The molecule has 1 amide bonds. The van der Waals surface area contributed by atoms with E-state index in [1.54, 1.807) is 0 Å². The number of carbonyl (C=O) groups excluding carboxylic acids is 1. The van der Waals surface area contributed by atoms with Gasteiger partial charge in [0, 0.05) is 42.7 Å². The van der Waals surface area contributed by atoms with Crippen molar-refractivity contribution in [1.29, 1.82) is 0 Å². The Bertz CT molecular complexity index is 782. The number of nitrogens with one attached hydrogen (secondary N) is 4. The lowest BCUT2D eigenvalue weighted by molar-refractivity contribution is -0.121. The van der Waals surface area contributed by atoms with Crippen LogP contribution in [0.3, 0.4) is 0 Å². The smallest absolute Gasteiger partial charge is 0.222 e. The Morgan fingerprint density at radius 2 is 1.97 bits per heavy atom. The van der Waals surface area contributed by atoms with Crippen molar-refractivity contribution in [2.75, 3.05) is 19.6 Å². The molecule has 1 aliphatic rings. The topological polar surface area (TPSA) is 81.3 Å². The van der Waals surface area contributed by atoms with Crippen molar-refractivity contribution in [2.45, 2.75) is 57.9 Å². The second kappa shape index (κ2) is 12.7. The van der Waals surface area contributed by atoms with Gasteiger partial charge in [0.2, 0.25) is 5.91 Å². The molecule has 7 heteroatoms. The van der Waals surface area contributed by atoms with E-state index in [0.29, 0.717) is 19.0 Å². The number of fused-ring (bicyclic) bond motifs is 1. The highest BCUT2D eigenvalue weighted by Crippen LogP contribution is 2.18. The van der Waals surface area contributed by atoms with Crippen molar-refractivity contribution < 1.29 is 4.79 Å². The number of amides is 1. The highest BCUT2D eigenvalue weighted by atomic mass is 127. The minimum atomic E-state index is 0. The lowest BCUT2D eigenvalue weighted by Gasteiger charge is -2.22. The number of rotatable bonds is 8. The van der Waals surface area contributed by atoms with E-state index in [2.05, 4.69) is 50.3 Å². The zero-order valence-electron chi connectivity index (χ0n) is 17.3. The summed E-state index contributed by atoms with van der Waals surface area (Å²) in [6.07, 6.45) is 9.42. The van der Waals surface area contributed by atoms with Crippen molar-refractivity contribution in [3.8, 4) is 0 Å². The van der Waals surface area contributed by atoms with Crippen molar-refractivity contribution in [2.24, 2.45) is 4.99 Å². The monoisotopic (exact) mass is 511 g/mol. The molecule has 0 aliphatic heterocycles. The number of carbonyl (C=O) groups is 1. The van der Waals surface area contributed by atoms with Crippen LogP contribution in [0.25, 0.3) is 10.9 Å². The van der Waals surface area contributed by atoms with Gasteiger partial charge in [0.25, 0.3) is 0 Å². The van der Waals surface area contributed by atoms with Crippen molar-refractivity contribution in [3.05, 3.63) is 36.0 Å². The van der Waals surface area contributed by atoms with Gasteiger partial charge < -0.3 is 20.9 Å². The van der Waals surface area contributed by atoms with Crippen LogP contribution in [0.4, 0.5) is 0 Å². The summed E-state index contributed by atoms with van der Waals surface area (Å²) < 4.78 is 0. The van der Waals surface area contributed by atoms with Crippen LogP contribution in [-0.2, 0) is 11.2 Å².